The fraction of sp³-hybridized carbons (Fsp3) is 0.400. The Balaban J connectivity index is 1.54. The van der Waals surface area contributed by atoms with Crippen LogP contribution in [-0.2, 0) is 32.3 Å². The third kappa shape index (κ3) is 4.62. The van der Waals surface area contributed by atoms with E-state index < -0.39 is 9.84 Å². The van der Waals surface area contributed by atoms with Gasteiger partial charge in [0.2, 0.25) is 11.8 Å². The summed E-state index contributed by atoms with van der Waals surface area (Å²) in [5.74, 6) is -0.544. The number of rotatable bonds is 7. The van der Waals surface area contributed by atoms with Gasteiger partial charge in [0.15, 0.2) is 9.84 Å². The number of fused-ring (bicyclic) bond motifs is 1. The summed E-state index contributed by atoms with van der Waals surface area (Å²) < 4.78 is 25.2. The number of sulfone groups is 1. The monoisotopic (exact) mass is 420 g/mol. The predicted molar refractivity (Wildman–Crippen MR) is 111 cm³/mol. The SMILES string of the molecule is CC(=O)N1CCc2cc(S(=O)(=O)CCC(=O)NCCc3sccc3C)ccc21. The molecule has 150 valence electrons. The van der Waals surface area contributed by atoms with Crippen LogP contribution in [0.3, 0.4) is 0 Å². The zero-order valence-corrected chi connectivity index (χ0v) is 17.7. The molecule has 6 nitrogen and oxygen atoms in total. The van der Waals surface area contributed by atoms with Gasteiger partial charge >= 0.3 is 0 Å². The summed E-state index contributed by atoms with van der Waals surface area (Å²) >= 11 is 1.66. The molecule has 0 saturated carbocycles. The number of aryl methyl sites for hydroxylation is 1. The van der Waals surface area contributed by atoms with Crippen LogP contribution in [0.5, 0.6) is 0 Å². The van der Waals surface area contributed by atoms with Gasteiger partial charge < -0.3 is 10.2 Å². The lowest BCUT2D eigenvalue weighted by molar-refractivity contribution is -0.120. The molecular weight excluding hydrogens is 396 g/mol. The largest absolute Gasteiger partial charge is 0.356 e. The van der Waals surface area contributed by atoms with Crippen molar-refractivity contribution in [3.63, 3.8) is 0 Å². The molecule has 0 aliphatic carbocycles. The second-order valence-electron chi connectivity index (χ2n) is 6.91. The Hall–Kier alpha value is -2.19. The lowest BCUT2D eigenvalue weighted by atomic mass is 10.2. The minimum Gasteiger partial charge on any atom is -0.356 e. The van der Waals surface area contributed by atoms with Crippen LogP contribution in [-0.4, -0.2) is 39.1 Å². The van der Waals surface area contributed by atoms with E-state index in [9.17, 15) is 18.0 Å². The molecule has 1 aliphatic heterocycles. The molecule has 1 aromatic heterocycles. The van der Waals surface area contributed by atoms with Gasteiger partial charge in [0, 0.05) is 37.0 Å². The standard InChI is InChI=1S/C20H24N2O4S2/c1-14-7-11-27-19(14)5-9-21-20(24)8-12-28(25,26)17-3-4-18-16(13-17)6-10-22(18)15(2)23/h3-4,7,11,13H,5-6,8-10,12H2,1-2H3,(H,21,24). The van der Waals surface area contributed by atoms with Gasteiger partial charge in [-0.05, 0) is 60.5 Å². The maximum atomic E-state index is 12.6. The molecule has 0 fully saturated rings. The van der Waals surface area contributed by atoms with Crippen molar-refractivity contribution in [3.05, 3.63) is 45.6 Å². The highest BCUT2D eigenvalue weighted by Crippen LogP contribution is 2.30. The van der Waals surface area contributed by atoms with Crippen LogP contribution in [0.15, 0.2) is 34.5 Å². The lowest BCUT2D eigenvalue weighted by Gasteiger charge is -2.15. The Morgan fingerprint density at radius 1 is 1.25 bits per heavy atom. The van der Waals surface area contributed by atoms with Gasteiger partial charge in [0.1, 0.15) is 0 Å². The quantitative estimate of drug-likeness (QED) is 0.746. The highest BCUT2D eigenvalue weighted by Gasteiger charge is 2.25. The zero-order chi connectivity index (χ0) is 20.3. The van der Waals surface area contributed by atoms with Gasteiger partial charge in [-0.3, -0.25) is 9.59 Å². The van der Waals surface area contributed by atoms with Crippen molar-refractivity contribution in [3.8, 4) is 0 Å². The van der Waals surface area contributed by atoms with E-state index in [0.717, 1.165) is 17.7 Å². The third-order valence-corrected chi connectivity index (χ3v) is 7.72. The first-order valence-corrected chi connectivity index (χ1v) is 11.7. The Kier molecular flexibility index (Phi) is 6.20. The van der Waals surface area contributed by atoms with Crippen LogP contribution in [0.4, 0.5) is 5.69 Å². The van der Waals surface area contributed by atoms with Crippen molar-refractivity contribution in [2.45, 2.75) is 38.0 Å². The second kappa shape index (κ2) is 8.45. The summed E-state index contributed by atoms with van der Waals surface area (Å²) in [6.45, 7) is 4.60. The van der Waals surface area contributed by atoms with E-state index in [1.807, 2.05) is 18.4 Å². The molecule has 2 aromatic rings. The normalized spacial score (nSPS) is 13.4. The Morgan fingerprint density at radius 3 is 2.71 bits per heavy atom. The summed E-state index contributed by atoms with van der Waals surface area (Å²) in [6, 6.07) is 6.87. The van der Waals surface area contributed by atoms with Gasteiger partial charge in [0.25, 0.3) is 0 Å². The zero-order valence-electron chi connectivity index (χ0n) is 16.0. The maximum Gasteiger partial charge on any atom is 0.223 e. The topological polar surface area (TPSA) is 83.6 Å². The number of anilines is 1. The molecule has 2 heterocycles. The van der Waals surface area contributed by atoms with Crippen molar-refractivity contribution >= 4 is 38.7 Å². The number of carbonyl (C=O) groups is 2. The molecule has 2 amide bonds. The first-order valence-electron chi connectivity index (χ1n) is 9.21. The van der Waals surface area contributed by atoms with Gasteiger partial charge in [-0.25, -0.2) is 8.42 Å². The fourth-order valence-corrected chi connectivity index (χ4v) is 5.50. The highest BCUT2D eigenvalue weighted by atomic mass is 32.2. The first kappa shape index (κ1) is 20.5. The van der Waals surface area contributed by atoms with Crippen molar-refractivity contribution in [2.75, 3.05) is 23.7 Å². The van der Waals surface area contributed by atoms with E-state index >= 15 is 0 Å². The van der Waals surface area contributed by atoms with E-state index in [4.69, 9.17) is 0 Å². The first-order chi connectivity index (χ1) is 13.3. The molecule has 0 radical (unpaired) electrons. The number of hydrogen-bond donors (Lipinski definition) is 1. The second-order valence-corrected chi connectivity index (χ2v) is 10.0. The summed E-state index contributed by atoms with van der Waals surface area (Å²) in [4.78, 5) is 26.7. The van der Waals surface area contributed by atoms with Crippen LogP contribution in [0, 0.1) is 6.92 Å². The van der Waals surface area contributed by atoms with Gasteiger partial charge in [-0.1, -0.05) is 0 Å². The Bertz CT molecular complexity index is 995. The summed E-state index contributed by atoms with van der Waals surface area (Å²) in [7, 11) is -3.55. The molecule has 1 aromatic carbocycles. The molecular formula is C20H24N2O4S2. The van der Waals surface area contributed by atoms with Crippen LogP contribution in [0.2, 0.25) is 0 Å². The smallest absolute Gasteiger partial charge is 0.223 e. The van der Waals surface area contributed by atoms with Crippen LogP contribution >= 0.6 is 11.3 Å². The predicted octanol–water partition coefficient (Wildman–Crippen LogP) is 2.49. The molecule has 0 atom stereocenters. The number of benzene rings is 1. The van der Waals surface area contributed by atoms with E-state index in [1.54, 1.807) is 28.4 Å². The van der Waals surface area contributed by atoms with E-state index in [2.05, 4.69) is 5.32 Å². The molecule has 0 unspecified atom stereocenters. The van der Waals surface area contributed by atoms with E-state index in [-0.39, 0.29) is 28.9 Å². The van der Waals surface area contributed by atoms with Crippen molar-refractivity contribution in [1.82, 2.24) is 5.32 Å². The third-order valence-electron chi connectivity index (χ3n) is 4.93. The molecule has 1 aliphatic rings. The molecule has 1 N–H and O–H groups in total. The fourth-order valence-electron chi connectivity index (χ4n) is 3.31. The van der Waals surface area contributed by atoms with Crippen LogP contribution in [0.1, 0.15) is 29.3 Å². The van der Waals surface area contributed by atoms with Crippen molar-refractivity contribution < 1.29 is 18.0 Å². The lowest BCUT2D eigenvalue weighted by Crippen LogP contribution is -2.27. The van der Waals surface area contributed by atoms with E-state index in [0.29, 0.717) is 19.5 Å². The van der Waals surface area contributed by atoms with Gasteiger partial charge in [-0.2, -0.15) is 0 Å². The maximum absolute atomic E-state index is 12.6. The van der Waals surface area contributed by atoms with Crippen molar-refractivity contribution in [1.29, 1.82) is 0 Å². The van der Waals surface area contributed by atoms with Crippen LogP contribution in [0.25, 0.3) is 0 Å². The Morgan fingerprint density at radius 2 is 2.04 bits per heavy atom. The number of carbonyl (C=O) groups excluding carboxylic acids is 2. The number of nitrogens with zero attached hydrogens (tertiary/aromatic N) is 1. The average Bonchev–Trinajstić information content (AvgIpc) is 3.26. The molecule has 0 bridgehead atoms. The van der Waals surface area contributed by atoms with Crippen LogP contribution < -0.4 is 10.2 Å². The van der Waals surface area contributed by atoms with Crippen molar-refractivity contribution in [2.24, 2.45) is 0 Å². The number of nitrogens with one attached hydrogen (secondary N) is 1. The number of amides is 2. The number of hydrogen-bond acceptors (Lipinski definition) is 5. The minimum absolute atomic E-state index is 0.0521. The van der Waals surface area contributed by atoms with E-state index in [1.165, 1.54) is 23.4 Å². The molecule has 28 heavy (non-hydrogen) atoms. The molecule has 0 spiro atoms. The molecule has 3 rings (SSSR count). The molecule has 0 saturated heterocycles. The van der Waals surface area contributed by atoms with Gasteiger partial charge in [-0.15, -0.1) is 11.3 Å². The number of thiophene rings is 1. The average molecular weight is 421 g/mol. The minimum atomic E-state index is -3.55. The summed E-state index contributed by atoms with van der Waals surface area (Å²) in [6.07, 6.45) is 1.32. The summed E-state index contributed by atoms with van der Waals surface area (Å²) in [5, 5.41) is 4.81. The Labute approximate surface area is 169 Å². The summed E-state index contributed by atoms with van der Waals surface area (Å²) in [5.41, 5.74) is 2.84. The highest BCUT2D eigenvalue weighted by molar-refractivity contribution is 7.91. The molecule has 8 heteroatoms. The van der Waals surface area contributed by atoms with Gasteiger partial charge in [0.05, 0.1) is 10.6 Å².